The second kappa shape index (κ2) is 7.70. The molecular weight excluding hydrogens is 384 g/mol. The SMILES string of the molecule is O=C(NC1CCN(C(=O)c2cc(Br)ccc2O)CC1)c1ccccc1. The number of carbonyl (C=O) groups excluding carboxylic acids is 2. The van der Waals surface area contributed by atoms with E-state index >= 15 is 0 Å². The molecule has 1 heterocycles. The number of amides is 2. The van der Waals surface area contributed by atoms with Crippen LogP contribution in [0.25, 0.3) is 0 Å². The fraction of sp³-hybridized carbons (Fsp3) is 0.263. The summed E-state index contributed by atoms with van der Waals surface area (Å²) in [4.78, 5) is 26.5. The number of rotatable bonds is 3. The van der Waals surface area contributed by atoms with Gasteiger partial charge in [0.1, 0.15) is 5.75 Å². The van der Waals surface area contributed by atoms with E-state index in [1.165, 1.54) is 6.07 Å². The Hall–Kier alpha value is -2.34. The van der Waals surface area contributed by atoms with Crippen LogP contribution in [0.2, 0.25) is 0 Å². The predicted molar refractivity (Wildman–Crippen MR) is 98.6 cm³/mol. The monoisotopic (exact) mass is 402 g/mol. The van der Waals surface area contributed by atoms with Crippen LogP contribution in [0.3, 0.4) is 0 Å². The van der Waals surface area contributed by atoms with E-state index in [2.05, 4.69) is 21.2 Å². The Morgan fingerprint density at radius 1 is 1.08 bits per heavy atom. The molecule has 2 amide bonds. The fourth-order valence-electron chi connectivity index (χ4n) is 2.94. The van der Waals surface area contributed by atoms with Gasteiger partial charge in [-0.1, -0.05) is 34.1 Å². The van der Waals surface area contributed by atoms with E-state index in [1.54, 1.807) is 29.2 Å². The molecule has 2 aromatic carbocycles. The molecule has 2 N–H and O–H groups in total. The lowest BCUT2D eigenvalue weighted by molar-refractivity contribution is 0.0695. The van der Waals surface area contributed by atoms with Crippen LogP contribution in [0.1, 0.15) is 33.6 Å². The van der Waals surface area contributed by atoms with Crippen molar-refractivity contribution >= 4 is 27.7 Å². The minimum absolute atomic E-state index is 0.0206. The van der Waals surface area contributed by atoms with Gasteiger partial charge in [0, 0.05) is 29.2 Å². The number of halogens is 1. The molecule has 1 saturated heterocycles. The van der Waals surface area contributed by atoms with Gasteiger partial charge in [0.05, 0.1) is 5.56 Å². The van der Waals surface area contributed by atoms with Crippen LogP contribution < -0.4 is 5.32 Å². The highest BCUT2D eigenvalue weighted by Gasteiger charge is 2.26. The van der Waals surface area contributed by atoms with E-state index in [0.29, 0.717) is 37.1 Å². The summed E-state index contributed by atoms with van der Waals surface area (Å²) in [5, 5.41) is 12.9. The fourth-order valence-corrected chi connectivity index (χ4v) is 3.30. The van der Waals surface area contributed by atoms with Gasteiger partial charge in [-0.3, -0.25) is 9.59 Å². The van der Waals surface area contributed by atoms with Crippen molar-refractivity contribution < 1.29 is 14.7 Å². The summed E-state index contributed by atoms with van der Waals surface area (Å²) in [5.74, 6) is -0.297. The molecular formula is C19H19BrN2O3. The predicted octanol–water partition coefficient (Wildman–Crippen LogP) is 3.19. The first kappa shape index (κ1) is 17.5. The van der Waals surface area contributed by atoms with Gasteiger partial charge in [-0.2, -0.15) is 0 Å². The van der Waals surface area contributed by atoms with Gasteiger partial charge in [-0.05, 0) is 43.2 Å². The molecule has 0 spiro atoms. The van der Waals surface area contributed by atoms with Crippen molar-refractivity contribution in [1.82, 2.24) is 10.2 Å². The highest BCUT2D eigenvalue weighted by Crippen LogP contribution is 2.24. The quantitative estimate of drug-likeness (QED) is 0.827. The van der Waals surface area contributed by atoms with Crippen LogP contribution in [-0.4, -0.2) is 41.0 Å². The molecule has 0 aromatic heterocycles. The van der Waals surface area contributed by atoms with Gasteiger partial charge in [0.25, 0.3) is 11.8 Å². The molecule has 3 rings (SSSR count). The van der Waals surface area contributed by atoms with Crippen molar-refractivity contribution in [3.63, 3.8) is 0 Å². The van der Waals surface area contributed by atoms with Gasteiger partial charge in [-0.15, -0.1) is 0 Å². The number of benzene rings is 2. The Kier molecular flexibility index (Phi) is 5.38. The lowest BCUT2D eigenvalue weighted by atomic mass is 10.0. The maximum Gasteiger partial charge on any atom is 0.257 e. The summed E-state index contributed by atoms with van der Waals surface area (Å²) in [5.41, 5.74) is 0.932. The topological polar surface area (TPSA) is 69.6 Å². The molecule has 1 fully saturated rings. The summed E-state index contributed by atoms with van der Waals surface area (Å²) in [6, 6.07) is 14.0. The van der Waals surface area contributed by atoms with Crippen LogP contribution >= 0.6 is 15.9 Å². The molecule has 25 heavy (non-hydrogen) atoms. The van der Waals surface area contributed by atoms with E-state index in [1.807, 2.05) is 18.2 Å². The van der Waals surface area contributed by atoms with Crippen molar-refractivity contribution in [3.05, 3.63) is 64.1 Å². The number of piperidine rings is 1. The third-order valence-electron chi connectivity index (χ3n) is 4.34. The smallest absolute Gasteiger partial charge is 0.257 e. The molecule has 0 atom stereocenters. The maximum absolute atomic E-state index is 12.6. The zero-order chi connectivity index (χ0) is 17.8. The maximum atomic E-state index is 12.6. The normalized spacial score (nSPS) is 15.0. The van der Waals surface area contributed by atoms with Crippen molar-refractivity contribution in [2.24, 2.45) is 0 Å². The van der Waals surface area contributed by atoms with Crippen molar-refractivity contribution in [2.45, 2.75) is 18.9 Å². The van der Waals surface area contributed by atoms with E-state index < -0.39 is 0 Å². The minimum atomic E-state index is -0.188. The molecule has 0 bridgehead atoms. The molecule has 5 nitrogen and oxygen atoms in total. The summed E-state index contributed by atoms with van der Waals surface area (Å²) in [7, 11) is 0. The number of phenols is 1. The number of carbonyl (C=O) groups is 2. The Morgan fingerprint density at radius 2 is 1.76 bits per heavy atom. The summed E-state index contributed by atoms with van der Waals surface area (Å²) >= 11 is 3.32. The van der Waals surface area contributed by atoms with Gasteiger partial charge in [-0.25, -0.2) is 0 Å². The second-order valence-electron chi connectivity index (χ2n) is 6.07. The summed E-state index contributed by atoms with van der Waals surface area (Å²) in [6.07, 6.45) is 1.39. The highest BCUT2D eigenvalue weighted by molar-refractivity contribution is 9.10. The van der Waals surface area contributed by atoms with Crippen LogP contribution in [-0.2, 0) is 0 Å². The first-order chi connectivity index (χ1) is 12.0. The largest absolute Gasteiger partial charge is 0.507 e. The molecule has 1 aliphatic heterocycles. The Labute approximate surface area is 154 Å². The van der Waals surface area contributed by atoms with Crippen LogP contribution in [0.15, 0.2) is 53.0 Å². The number of nitrogens with one attached hydrogen (secondary N) is 1. The van der Waals surface area contributed by atoms with Gasteiger partial charge in [0.15, 0.2) is 0 Å². The minimum Gasteiger partial charge on any atom is -0.507 e. The summed E-state index contributed by atoms with van der Waals surface area (Å²) in [6.45, 7) is 1.09. The number of phenolic OH excluding ortho intramolecular Hbond substituents is 1. The van der Waals surface area contributed by atoms with Crippen molar-refractivity contribution in [2.75, 3.05) is 13.1 Å². The third-order valence-corrected chi connectivity index (χ3v) is 4.84. The van der Waals surface area contributed by atoms with Crippen LogP contribution in [0.5, 0.6) is 5.75 Å². The average molecular weight is 403 g/mol. The van der Waals surface area contributed by atoms with E-state index in [0.717, 1.165) is 4.47 Å². The summed E-state index contributed by atoms with van der Waals surface area (Å²) < 4.78 is 0.749. The van der Waals surface area contributed by atoms with Crippen molar-refractivity contribution in [3.8, 4) is 5.75 Å². The average Bonchev–Trinajstić information content (AvgIpc) is 2.64. The van der Waals surface area contributed by atoms with Gasteiger partial charge >= 0.3 is 0 Å². The molecule has 130 valence electrons. The van der Waals surface area contributed by atoms with Crippen molar-refractivity contribution in [1.29, 1.82) is 0 Å². The lowest BCUT2D eigenvalue weighted by Gasteiger charge is -2.32. The van der Waals surface area contributed by atoms with E-state index in [4.69, 9.17) is 0 Å². The Balaban J connectivity index is 1.57. The zero-order valence-electron chi connectivity index (χ0n) is 13.6. The number of aromatic hydroxyl groups is 1. The number of likely N-dealkylation sites (tertiary alicyclic amines) is 1. The number of hydrogen-bond acceptors (Lipinski definition) is 3. The van der Waals surface area contributed by atoms with E-state index in [-0.39, 0.29) is 23.6 Å². The van der Waals surface area contributed by atoms with Crippen LogP contribution in [0.4, 0.5) is 0 Å². The standard InChI is InChI=1S/C19H19BrN2O3/c20-14-6-7-17(23)16(12-14)19(25)22-10-8-15(9-11-22)21-18(24)13-4-2-1-3-5-13/h1-7,12,15,23H,8-11H2,(H,21,24). The first-order valence-corrected chi connectivity index (χ1v) is 8.97. The van der Waals surface area contributed by atoms with E-state index in [9.17, 15) is 14.7 Å². The third kappa shape index (κ3) is 4.20. The van der Waals surface area contributed by atoms with Gasteiger partial charge < -0.3 is 15.3 Å². The Bertz CT molecular complexity index is 771. The molecule has 0 saturated carbocycles. The highest BCUT2D eigenvalue weighted by atomic mass is 79.9. The molecule has 0 unspecified atom stereocenters. The lowest BCUT2D eigenvalue weighted by Crippen LogP contribution is -2.46. The molecule has 1 aliphatic rings. The Morgan fingerprint density at radius 3 is 2.44 bits per heavy atom. The first-order valence-electron chi connectivity index (χ1n) is 8.18. The molecule has 6 heteroatoms. The number of hydrogen-bond donors (Lipinski definition) is 2. The molecule has 0 radical (unpaired) electrons. The second-order valence-corrected chi connectivity index (χ2v) is 6.98. The zero-order valence-corrected chi connectivity index (χ0v) is 15.2. The molecule has 0 aliphatic carbocycles. The molecule has 2 aromatic rings. The van der Waals surface area contributed by atoms with Gasteiger partial charge in [0.2, 0.25) is 0 Å². The van der Waals surface area contributed by atoms with Crippen LogP contribution in [0, 0.1) is 0 Å². The number of nitrogens with zero attached hydrogens (tertiary/aromatic N) is 1.